The Balaban J connectivity index is 1.81. The molecule has 6 heteroatoms. The lowest BCUT2D eigenvalue weighted by molar-refractivity contribution is 0.0691. The monoisotopic (exact) mass is 391 g/mol. The van der Waals surface area contributed by atoms with Crippen LogP contribution in [0.2, 0.25) is 0 Å². The number of piperidine rings is 1. The summed E-state index contributed by atoms with van der Waals surface area (Å²) in [5.74, 6) is 1.23. The number of ether oxygens (including phenoxy) is 1. The Bertz CT molecular complexity index is 1080. The number of nitrogens with zero attached hydrogens (tertiary/aromatic N) is 3. The van der Waals surface area contributed by atoms with Crippen molar-refractivity contribution in [1.29, 1.82) is 0 Å². The molecule has 150 valence electrons. The molecule has 0 bridgehead atoms. The van der Waals surface area contributed by atoms with Crippen molar-refractivity contribution in [3.8, 4) is 11.4 Å². The number of carbonyl (C=O) groups is 1. The molecule has 0 unspecified atom stereocenters. The summed E-state index contributed by atoms with van der Waals surface area (Å²) in [6, 6.07) is 14.4. The fraction of sp³-hybridized carbons (Fsp3) is 0.348. The Kier molecular flexibility index (Phi) is 5.34. The third kappa shape index (κ3) is 3.75. The number of aromatic nitrogens is 2. The Morgan fingerprint density at radius 2 is 1.72 bits per heavy atom. The van der Waals surface area contributed by atoms with Gasteiger partial charge in [-0.15, -0.1) is 0 Å². The van der Waals surface area contributed by atoms with Crippen molar-refractivity contribution in [1.82, 2.24) is 14.7 Å². The molecule has 1 fully saturated rings. The van der Waals surface area contributed by atoms with E-state index in [4.69, 9.17) is 4.74 Å². The van der Waals surface area contributed by atoms with E-state index in [0.29, 0.717) is 34.7 Å². The van der Waals surface area contributed by atoms with Crippen LogP contribution in [0.15, 0.2) is 53.3 Å². The molecule has 0 spiro atoms. The number of amides is 1. The SMILES string of the molecule is CCOc1ccc(-n2nc(C(=O)N3CCC(C)CC3)c3ccccc3c2=O)cc1. The second-order valence-electron chi connectivity index (χ2n) is 7.51. The summed E-state index contributed by atoms with van der Waals surface area (Å²) < 4.78 is 6.80. The van der Waals surface area contributed by atoms with Crippen molar-refractivity contribution < 1.29 is 9.53 Å². The maximum absolute atomic E-state index is 13.3. The van der Waals surface area contributed by atoms with E-state index in [9.17, 15) is 9.59 Å². The van der Waals surface area contributed by atoms with Gasteiger partial charge in [0.25, 0.3) is 11.5 Å². The molecule has 1 aliphatic rings. The molecule has 6 nitrogen and oxygen atoms in total. The zero-order valence-corrected chi connectivity index (χ0v) is 16.8. The topological polar surface area (TPSA) is 64.4 Å². The van der Waals surface area contributed by atoms with Gasteiger partial charge in [-0.1, -0.05) is 25.1 Å². The van der Waals surface area contributed by atoms with Crippen molar-refractivity contribution in [2.75, 3.05) is 19.7 Å². The minimum absolute atomic E-state index is 0.118. The quantitative estimate of drug-likeness (QED) is 0.681. The van der Waals surface area contributed by atoms with E-state index >= 15 is 0 Å². The summed E-state index contributed by atoms with van der Waals surface area (Å²) in [5, 5.41) is 5.60. The number of likely N-dealkylation sites (tertiary alicyclic amines) is 1. The minimum Gasteiger partial charge on any atom is -0.494 e. The minimum atomic E-state index is -0.242. The average Bonchev–Trinajstić information content (AvgIpc) is 2.75. The zero-order chi connectivity index (χ0) is 20.4. The highest BCUT2D eigenvalue weighted by Gasteiger charge is 2.25. The Hall–Kier alpha value is -3.15. The average molecular weight is 391 g/mol. The molecule has 1 aliphatic heterocycles. The maximum Gasteiger partial charge on any atom is 0.279 e. The Labute approximate surface area is 169 Å². The van der Waals surface area contributed by atoms with Crippen molar-refractivity contribution in [3.05, 3.63) is 64.6 Å². The number of hydrogen-bond acceptors (Lipinski definition) is 4. The molecule has 1 amide bonds. The van der Waals surface area contributed by atoms with Crippen LogP contribution in [0.3, 0.4) is 0 Å². The van der Waals surface area contributed by atoms with Crippen LogP contribution >= 0.6 is 0 Å². The summed E-state index contributed by atoms with van der Waals surface area (Å²) in [5.41, 5.74) is 0.683. The number of rotatable bonds is 4. The number of hydrogen-bond donors (Lipinski definition) is 0. The summed E-state index contributed by atoms with van der Waals surface area (Å²) in [7, 11) is 0. The van der Waals surface area contributed by atoms with Gasteiger partial charge in [-0.2, -0.15) is 9.78 Å². The summed E-state index contributed by atoms with van der Waals surface area (Å²) in [6.45, 7) is 6.14. The highest BCUT2D eigenvalue weighted by atomic mass is 16.5. The highest BCUT2D eigenvalue weighted by molar-refractivity contribution is 6.04. The molecule has 3 aromatic rings. The molecule has 0 atom stereocenters. The summed E-state index contributed by atoms with van der Waals surface area (Å²) in [4.78, 5) is 28.2. The first-order chi connectivity index (χ1) is 14.1. The lowest BCUT2D eigenvalue weighted by Gasteiger charge is -2.30. The number of fused-ring (bicyclic) bond motifs is 1. The van der Waals surface area contributed by atoms with Crippen LogP contribution in [-0.2, 0) is 0 Å². The Morgan fingerprint density at radius 3 is 2.38 bits per heavy atom. The predicted molar refractivity (Wildman–Crippen MR) is 113 cm³/mol. The van der Waals surface area contributed by atoms with Gasteiger partial charge in [0.2, 0.25) is 0 Å². The van der Waals surface area contributed by atoms with E-state index in [-0.39, 0.29) is 11.5 Å². The van der Waals surface area contributed by atoms with Crippen molar-refractivity contribution >= 4 is 16.7 Å². The fourth-order valence-electron chi connectivity index (χ4n) is 3.73. The second-order valence-corrected chi connectivity index (χ2v) is 7.51. The van der Waals surface area contributed by atoms with Gasteiger partial charge in [0.1, 0.15) is 5.75 Å². The van der Waals surface area contributed by atoms with Gasteiger partial charge in [0.05, 0.1) is 17.7 Å². The van der Waals surface area contributed by atoms with Crippen LogP contribution in [0.25, 0.3) is 16.5 Å². The van der Waals surface area contributed by atoms with E-state index < -0.39 is 0 Å². The van der Waals surface area contributed by atoms with Gasteiger partial charge in [0.15, 0.2) is 5.69 Å². The van der Waals surface area contributed by atoms with Gasteiger partial charge in [-0.25, -0.2) is 0 Å². The lowest BCUT2D eigenvalue weighted by Crippen LogP contribution is -2.39. The molecule has 0 radical (unpaired) electrons. The van der Waals surface area contributed by atoms with Gasteiger partial charge < -0.3 is 9.64 Å². The lowest BCUT2D eigenvalue weighted by atomic mass is 9.99. The fourth-order valence-corrected chi connectivity index (χ4v) is 3.73. The molecular formula is C23H25N3O3. The first kappa shape index (κ1) is 19.2. The predicted octanol–water partition coefficient (Wildman–Crippen LogP) is 3.66. The molecule has 2 aromatic carbocycles. The van der Waals surface area contributed by atoms with Crippen molar-refractivity contribution in [2.45, 2.75) is 26.7 Å². The maximum atomic E-state index is 13.3. The van der Waals surface area contributed by atoms with Crippen LogP contribution < -0.4 is 10.3 Å². The largest absolute Gasteiger partial charge is 0.494 e. The van der Waals surface area contributed by atoms with Gasteiger partial charge in [0, 0.05) is 18.5 Å². The molecule has 2 heterocycles. The van der Waals surface area contributed by atoms with Gasteiger partial charge in [-0.05, 0) is 56.0 Å². The molecule has 29 heavy (non-hydrogen) atoms. The molecule has 1 saturated heterocycles. The van der Waals surface area contributed by atoms with Crippen LogP contribution in [0, 0.1) is 5.92 Å². The van der Waals surface area contributed by atoms with Crippen molar-refractivity contribution in [2.24, 2.45) is 5.92 Å². The second kappa shape index (κ2) is 8.07. The van der Waals surface area contributed by atoms with Crippen LogP contribution in [-0.4, -0.2) is 40.3 Å². The van der Waals surface area contributed by atoms with E-state index in [0.717, 1.165) is 31.7 Å². The van der Waals surface area contributed by atoms with Gasteiger partial charge in [-0.3, -0.25) is 9.59 Å². The molecule has 1 aromatic heterocycles. The molecule has 4 rings (SSSR count). The number of carbonyl (C=O) groups excluding carboxylic acids is 1. The van der Waals surface area contributed by atoms with Crippen molar-refractivity contribution in [3.63, 3.8) is 0 Å². The van der Waals surface area contributed by atoms with E-state index in [1.54, 1.807) is 36.4 Å². The summed E-state index contributed by atoms with van der Waals surface area (Å²) in [6.07, 6.45) is 1.98. The molecule has 0 saturated carbocycles. The molecular weight excluding hydrogens is 366 g/mol. The molecule has 0 N–H and O–H groups in total. The van der Waals surface area contributed by atoms with Crippen LogP contribution in [0.5, 0.6) is 5.75 Å². The van der Waals surface area contributed by atoms with Gasteiger partial charge >= 0.3 is 0 Å². The van der Waals surface area contributed by atoms with Crippen LogP contribution in [0.1, 0.15) is 37.2 Å². The standard InChI is InChI=1S/C23H25N3O3/c1-3-29-18-10-8-17(9-11-18)26-22(27)20-7-5-4-6-19(20)21(24-26)23(28)25-14-12-16(2)13-15-25/h4-11,16H,3,12-15H2,1-2H3. The normalized spacial score (nSPS) is 14.9. The number of benzene rings is 2. The van der Waals surface area contributed by atoms with E-state index in [2.05, 4.69) is 12.0 Å². The Morgan fingerprint density at radius 1 is 1.07 bits per heavy atom. The van der Waals surface area contributed by atoms with Crippen LogP contribution in [0.4, 0.5) is 0 Å². The molecule has 0 aliphatic carbocycles. The van der Waals surface area contributed by atoms with E-state index in [1.165, 1.54) is 4.68 Å². The third-order valence-electron chi connectivity index (χ3n) is 5.47. The van der Waals surface area contributed by atoms with E-state index in [1.807, 2.05) is 24.0 Å². The third-order valence-corrected chi connectivity index (χ3v) is 5.47. The smallest absolute Gasteiger partial charge is 0.279 e. The summed E-state index contributed by atoms with van der Waals surface area (Å²) >= 11 is 0. The first-order valence-corrected chi connectivity index (χ1v) is 10.1. The first-order valence-electron chi connectivity index (χ1n) is 10.1. The highest BCUT2D eigenvalue weighted by Crippen LogP contribution is 2.22. The zero-order valence-electron chi connectivity index (χ0n) is 16.8.